The Morgan fingerprint density at radius 3 is 1.89 bits per heavy atom. The highest BCUT2D eigenvalue weighted by Crippen LogP contribution is 2.29. The summed E-state index contributed by atoms with van der Waals surface area (Å²) in [6.07, 6.45) is 8.62. The maximum Gasteiger partial charge on any atom is 0.247 e. The lowest BCUT2D eigenvalue weighted by Crippen LogP contribution is -2.49. The summed E-state index contributed by atoms with van der Waals surface area (Å²) in [7, 11) is 1.61. The number of rotatable bonds is 16. The molecule has 1 unspecified atom stereocenters. The fourth-order valence-corrected chi connectivity index (χ4v) is 8.04. The Balaban J connectivity index is 1.19. The molecule has 0 bridgehead atoms. The summed E-state index contributed by atoms with van der Waals surface area (Å²) < 4.78 is 5.43. The van der Waals surface area contributed by atoms with E-state index < -0.39 is 6.04 Å². The molecular formula is C46H56N4O4. The number of hydrogen-bond donors (Lipinski definition) is 1. The van der Waals surface area contributed by atoms with E-state index in [-0.39, 0.29) is 42.6 Å². The van der Waals surface area contributed by atoms with E-state index in [0.717, 1.165) is 81.4 Å². The van der Waals surface area contributed by atoms with E-state index in [9.17, 15) is 14.4 Å². The number of piperidine rings is 1. The number of likely N-dealkylation sites (tertiary alicyclic amines) is 1. The van der Waals surface area contributed by atoms with Gasteiger partial charge in [-0.05, 0) is 79.5 Å². The summed E-state index contributed by atoms with van der Waals surface area (Å²) in [6, 6.07) is 37.2. The Morgan fingerprint density at radius 2 is 1.28 bits per heavy atom. The molecule has 0 radical (unpaired) electrons. The third kappa shape index (κ3) is 10.8. The van der Waals surface area contributed by atoms with E-state index in [0.29, 0.717) is 18.7 Å². The number of nitrogens with zero attached hydrogens (tertiary/aromatic N) is 3. The van der Waals surface area contributed by atoms with Crippen molar-refractivity contribution in [3.8, 4) is 5.75 Å². The first-order valence-corrected chi connectivity index (χ1v) is 19.9. The lowest BCUT2D eigenvalue weighted by atomic mass is 9.94. The molecule has 4 aromatic carbocycles. The molecule has 1 saturated heterocycles. The van der Waals surface area contributed by atoms with Gasteiger partial charge < -0.3 is 24.8 Å². The number of benzene rings is 4. The quantitative estimate of drug-likeness (QED) is 0.128. The highest BCUT2D eigenvalue weighted by molar-refractivity contribution is 5.96. The van der Waals surface area contributed by atoms with Crippen molar-refractivity contribution in [3.05, 3.63) is 132 Å². The minimum Gasteiger partial charge on any atom is -0.497 e. The summed E-state index contributed by atoms with van der Waals surface area (Å²) in [5.41, 5.74) is 4.00. The van der Waals surface area contributed by atoms with Gasteiger partial charge in [0.1, 0.15) is 11.8 Å². The zero-order valence-electron chi connectivity index (χ0n) is 31.8. The molecule has 1 N–H and O–H groups in total. The summed E-state index contributed by atoms with van der Waals surface area (Å²) in [5.74, 6) is 0.237. The van der Waals surface area contributed by atoms with Crippen molar-refractivity contribution < 1.29 is 19.1 Å². The number of anilines is 1. The molecule has 54 heavy (non-hydrogen) atoms. The van der Waals surface area contributed by atoms with Crippen LogP contribution in [0.1, 0.15) is 80.5 Å². The van der Waals surface area contributed by atoms with Gasteiger partial charge in [0, 0.05) is 56.8 Å². The fraction of sp³-hybridized carbons (Fsp3) is 0.413. The smallest absolute Gasteiger partial charge is 0.247 e. The van der Waals surface area contributed by atoms with E-state index in [1.54, 1.807) is 12.0 Å². The Bertz CT molecular complexity index is 1740. The van der Waals surface area contributed by atoms with Gasteiger partial charge in [0.25, 0.3) is 0 Å². The van der Waals surface area contributed by atoms with Gasteiger partial charge in [-0.15, -0.1) is 0 Å². The minimum atomic E-state index is -0.838. The maximum absolute atomic E-state index is 14.5. The number of methoxy groups -OCH3 is 1. The van der Waals surface area contributed by atoms with Gasteiger partial charge in [-0.1, -0.05) is 110 Å². The first-order chi connectivity index (χ1) is 26.5. The van der Waals surface area contributed by atoms with Crippen molar-refractivity contribution in [1.82, 2.24) is 15.1 Å². The Hall–Kier alpha value is -4.95. The fourth-order valence-electron chi connectivity index (χ4n) is 8.04. The van der Waals surface area contributed by atoms with Crippen molar-refractivity contribution in [2.24, 2.45) is 0 Å². The molecule has 6 rings (SSSR count). The number of hydrogen-bond acceptors (Lipinski definition) is 5. The van der Waals surface area contributed by atoms with Gasteiger partial charge in [-0.3, -0.25) is 14.4 Å². The molecule has 2 fully saturated rings. The second kappa shape index (κ2) is 19.9. The second-order valence-corrected chi connectivity index (χ2v) is 14.7. The van der Waals surface area contributed by atoms with Crippen LogP contribution >= 0.6 is 0 Å². The van der Waals surface area contributed by atoms with E-state index in [1.807, 2.05) is 95.9 Å². The molecule has 8 nitrogen and oxygen atoms in total. The third-order valence-electron chi connectivity index (χ3n) is 11.1. The van der Waals surface area contributed by atoms with Crippen molar-refractivity contribution in [1.29, 1.82) is 0 Å². The number of para-hydroxylation sites is 1. The highest BCUT2D eigenvalue weighted by atomic mass is 16.5. The molecule has 8 heteroatoms. The normalized spacial score (nSPS) is 15.9. The average molecular weight is 729 g/mol. The van der Waals surface area contributed by atoms with Crippen LogP contribution in [0.25, 0.3) is 0 Å². The SMILES string of the molecule is COc1ccc(C(C(=O)NC2CCCCC2)N(CCc2ccccc2)C(=O)CCC(=O)N(c2ccccc2)C2CCN(CCc3ccccc3)CC2)cc1. The summed E-state index contributed by atoms with van der Waals surface area (Å²) in [4.78, 5) is 49.2. The second-order valence-electron chi connectivity index (χ2n) is 14.7. The molecule has 284 valence electrons. The lowest BCUT2D eigenvalue weighted by molar-refractivity contribution is -0.142. The number of ether oxygens (including phenoxy) is 1. The molecule has 0 spiro atoms. The number of carbonyl (C=O) groups excluding carboxylic acids is 3. The van der Waals surface area contributed by atoms with Crippen LogP contribution in [0.4, 0.5) is 5.69 Å². The monoisotopic (exact) mass is 728 g/mol. The maximum atomic E-state index is 14.5. The zero-order valence-corrected chi connectivity index (χ0v) is 31.8. The zero-order chi connectivity index (χ0) is 37.5. The predicted octanol–water partition coefficient (Wildman–Crippen LogP) is 7.78. The topological polar surface area (TPSA) is 82.2 Å². The molecule has 0 aromatic heterocycles. The van der Waals surface area contributed by atoms with E-state index >= 15 is 0 Å². The average Bonchev–Trinajstić information content (AvgIpc) is 3.23. The third-order valence-corrected chi connectivity index (χ3v) is 11.1. The molecule has 1 atom stereocenters. The van der Waals surface area contributed by atoms with Crippen molar-refractivity contribution in [2.45, 2.75) is 88.8 Å². The summed E-state index contributed by atoms with van der Waals surface area (Å²) >= 11 is 0. The lowest BCUT2D eigenvalue weighted by Gasteiger charge is -2.39. The Kier molecular flexibility index (Phi) is 14.3. The molecule has 1 saturated carbocycles. The van der Waals surface area contributed by atoms with Crippen LogP contribution in [-0.2, 0) is 27.2 Å². The van der Waals surface area contributed by atoms with Crippen molar-refractivity contribution in [3.63, 3.8) is 0 Å². The Morgan fingerprint density at radius 1 is 0.704 bits per heavy atom. The summed E-state index contributed by atoms with van der Waals surface area (Å²) in [5, 5.41) is 3.31. The standard InChI is InChI=1S/C46H56N4O4/c1-54-42-24-22-38(23-25-42)45(46(53)47-39-18-10-4-11-19-39)49(35-29-37-16-8-3-9-17-37)43(51)26-27-44(52)50(40-20-12-5-13-21-40)41-30-33-48(34-31-41)32-28-36-14-6-2-7-15-36/h2-3,5-9,12-17,20-25,39,41,45H,4,10-11,18-19,26-35H2,1H3,(H,47,53). The van der Waals surface area contributed by atoms with Crippen molar-refractivity contribution in [2.75, 3.05) is 38.2 Å². The van der Waals surface area contributed by atoms with Gasteiger partial charge in [-0.25, -0.2) is 0 Å². The molecule has 2 aliphatic rings. The van der Waals surface area contributed by atoms with Gasteiger partial charge in [-0.2, -0.15) is 0 Å². The molecule has 1 aliphatic heterocycles. The van der Waals surface area contributed by atoms with Crippen LogP contribution in [0.3, 0.4) is 0 Å². The number of carbonyl (C=O) groups is 3. The Labute approximate surface area is 321 Å². The number of amides is 3. The molecule has 1 aliphatic carbocycles. The minimum absolute atomic E-state index is 0.0102. The molecular weight excluding hydrogens is 673 g/mol. The van der Waals surface area contributed by atoms with Crippen LogP contribution in [0.5, 0.6) is 5.75 Å². The van der Waals surface area contributed by atoms with Gasteiger partial charge in [0.15, 0.2) is 0 Å². The van der Waals surface area contributed by atoms with Crippen LogP contribution in [-0.4, -0.2) is 72.9 Å². The molecule has 3 amide bonds. The van der Waals surface area contributed by atoms with E-state index in [4.69, 9.17) is 4.74 Å². The predicted molar refractivity (Wildman–Crippen MR) is 215 cm³/mol. The van der Waals surface area contributed by atoms with E-state index in [2.05, 4.69) is 34.5 Å². The van der Waals surface area contributed by atoms with Crippen LogP contribution in [0.15, 0.2) is 115 Å². The first kappa shape index (κ1) is 38.8. The molecule has 1 heterocycles. The largest absolute Gasteiger partial charge is 0.497 e. The van der Waals surface area contributed by atoms with Crippen LogP contribution in [0.2, 0.25) is 0 Å². The van der Waals surface area contributed by atoms with Gasteiger partial charge >= 0.3 is 0 Å². The molecule has 4 aromatic rings. The van der Waals surface area contributed by atoms with Crippen LogP contribution in [0, 0.1) is 0 Å². The summed E-state index contributed by atoms with van der Waals surface area (Å²) in [6.45, 7) is 3.17. The number of nitrogens with one attached hydrogen (secondary N) is 1. The highest BCUT2D eigenvalue weighted by Gasteiger charge is 2.34. The van der Waals surface area contributed by atoms with Gasteiger partial charge in [0.05, 0.1) is 7.11 Å². The van der Waals surface area contributed by atoms with Crippen LogP contribution < -0.4 is 15.0 Å². The van der Waals surface area contributed by atoms with E-state index in [1.165, 1.54) is 12.0 Å². The first-order valence-electron chi connectivity index (χ1n) is 19.9. The van der Waals surface area contributed by atoms with Crippen molar-refractivity contribution >= 4 is 23.4 Å². The van der Waals surface area contributed by atoms with Gasteiger partial charge in [0.2, 0.25) is 17.7 Å².